The number of guanidine groups is 2. The summed E-state index contributed by atoms with van der Waals surface area (Å²) in [5.74, 6) is -2.16. The van der Waals surface area contributed by atoms with Gasteiger partial charge >= 0.3 is 42.3 Å². The third-order valence-electron chi connectivity index (χ3n) is 12.8. The molecule has 0 spiro atoms. The summed E-state index contributed by atoms with van der Waals surface area (Å²) in [4.78, 5) is 105. The number of carbonyl (C=O) groups excluding carboxylic acids is 7. The highest BCUT2D eigenvalue weighted by atomic mass is 16.6. The summed E-state index contributed by atoms with van der Waals surface area (Å²) in [6.07, 6.45) is 5.33. The van der Waals surface area contributed by atoms with Crippen molar-refractivity contribution in [3.05, 3.63) is 130 Å². The molecule has 2 heterocycles. The molecular weight excluding hydrogens is 1230 g/mol. The van der Waals surface area contributed by atoms with E-state index in [9.17, 15) is 48.6 Å². The number of ether oxygens (including phenoxy) is 8. The van der Waals surface area contributed by atoms with Gasteiger partial charge < -0.3 is 58.9 Å². The largest absolute Gasteiger partial charge is 0.508 e. The predicted octanol–water partition coefficient (Wildman–Crippen LogP) is 11.3. The van der Waals surface area contributed by atoms with E-state index in [-0.39, 0.29) is 35.7 Å². The van der Waals surface area contributed by atoms with Crippen molar-refractivity contribution in [3.8, 4) is 23.0 Å². The molecule has 4 aromatic rings. The van der Waals surface area contributed by atoms with Crippen LogP contribution in [0.4, 0.5) is 19.2 Å². The lowest BCUT2D eigenvalue weighted by atomic mass is 9.90. The number of hydrogen-bond acceptors (Lipinski definition) is 21. The summed E-state index contributed by atoms with van der Waals surface area (Å²) in [5.41, 5.74) is 6.77. The average molecular weight is 1320 g/mol. The highest BCUT2D eigenvalue weighted by Gasteiger charge is 2.43. The number of unbranched alkanes of at least 4 members (excludes halogenated alkanes) is 3. The smallest absolute Gasteiger partial charge is 0.414 e. The number of aliphatic carboxylic acids is 1. The lowest BCUT2D eigenvalue weighted by molar-refractivity contribution is -0.145. The fourth-order valence-corrected chi connectivity index (χ4v) is 8.87. The summed E-state index contributed by atoms with van der Waals surface area (Å²) in [6.45, 7) is 22.0. The zero-order chi connectivity index (χ0) is 70.8. The number of carboxylic acids is 1. The Bertz CT molecular complexity index is 3340. The van der Waals surface area contributed by atoms with Gasteiger partial charge in [-0.15, -0.1) is 0 Å². The number of aromatic hydroxyl groups is 2. The number of amides is 4. The molecule has 4 amide bonds. The van der Waals surface area contributed by atoms with Gasteiger partial charge in [0.15, 0.2) is 5.78 Å². The van der Waals surface area contributed by atoms with Crippen LogP contribution < -0.4 is 36.5 Å². The monoisotopic (exact) mass is 1320 g/mol. The minimum absolute atomic E-state index is 0.00878. The molecule has 0 saturated heterocycles. The second-order valence-electron chi connectivity index (χ2n) is 25.6. The second kappa shape index (κ2) is 35.9. The van der Waals surface area contributed by atoms with Crippen LogP contribution in [-0.4, -0.2) is 132 Å². The summed E-state index contributed by atoms with van der Waals surface area (Å²) in [6, 6.07) is 23.4. The second-order valence-corrected chi connectivity index (χ2v) is 25.6. The number of allylic oxidation sites excluding steroid dienone is 1. The molecule has 0 fully saturated rings. The lowest BCUT2D eigenvalue weighted by Gasteiger charge is -2.22. The van der Waals surface area contributed by atoms with Crippen molar-refractivity contribution < 1.29 is 91.6 Å². The van der Waals surface area contributed by atoms with E-state index in [0.717, 1.165) is 35.6 Å². The molecule has 26 nitrogen and oxygen atoms in total. The number of esters is 2. The van der Waals surface area contributed by atoms with Gasteiger partial charge in [-0.3, -0.25) is 45.6 Å². The number of benzene rings is 4. The molecule has 26 heteroatoms. The summed E-state index contributed by atoms with van der Waals surface area (Å²) >= 11 is 0. The first-order valence-corrected chi connectivity index (χ1v) is 30.7. The van der Waals surface area contributed by atoms with Gasteiger partial charge in [0.25, 0.3) is 0 Å². The quantitative estimate of drug-likeness (QED) is 0.0115. The van der Waals surface area contributed by atoms with Crippen LogP contribution in [0.3, 0.4) is 0 Å². The van der Waals surface area contributed by atoms with E-state index in [1.54, 1.807) is 138 Å². The van der Waals surface area contributed by atoms with Crippen LogP contribution in [0.5, 0.6) is 23.0 Å². The summed E-state index contributed by atoms with van der Waals surface area (Å²) in [5, 5.41) is 37.6. The number of nitrogens with one attached hydrogen (secondary N) is 4. The van der Waals surface area contributed by atoms with Crippen LogP contribution in [0, 0.1) is 0 Å². The lowest BCUT2D eigenvalue weighted by Crippen LogP contribution is -2.47. The maximum Gasteiger partial charge on any atom is 0.414 e. The van der Waals surface area contributed by atoms with Gasteiger partial charge in [0, 0.05) is 36.7 Å². The third-order valence-corrected chi connectivity index (χ3v) is 12.8. The molecule has 0 aromatic heterocycles. The van der Waals surface area contributed by atoms with Gasteiger partial charge in [0.2, 0.25) is 11.9 Å². The first-order chi connectivity index (χ1) is 44.5. The van der Waals surface area contributed by atoms with Crippen molar-refractivity contribution in [2.24, 2.45) is 15.7 Å². The van der Waals surface area contributed by atoms with Crippen molar-refractivity contribution >= 4 is 72.1 Å². The molecule has 2 aliphatic rings. The van der Waals surface area contributed by atoms with Gasteiger partial charge in [-0.2, -0.15) is 0 Å². The molecule has 4 atom stereocenters. The van der Waals surface area contributed by atoms with E-state index < -0.39 is 88.7 Å². The normalized spacial score (nSPS) is 15.4. The number of fused-ring (bicyclic) bond motifs is 2. The number of aliphatic imine (C=N–C) groups is 2. The first kappa shape index (κ1) is 77.5. The minimum atomic E-state index is -1.05. The summed E-state index contributed by atoms with van der Waals surface area (Å²) < 4.78 is 42.8. The van der Waals surface area contributed by atoms with Crippen molar-refractivity contribution in [1.29, 1.82) is 0 Å². The number of hydrogen-bond donors (Lipinski definition) is 8. The van der Waals surface area contributed by atoms with Crippen molar-refractivity contribution in [1.82, 2.24) is 21.3 Å². The Kier molecular flexibility index (Phi) is 29.3. The molecule has 0 aliphatic carbocycles. The van der Waals surface area contributed by atoms with Gasteiger partial charge in [-0.1, -0.05) is 48.9 Å². The number of ketones is 1. The number of carboxylic acid groups (broad SMARTS) is 1. The number of carbonyl (C=O) groups is 8. The Morgan fingerprint density at radius 2 is 0.842 bits per heavy atom. The zero-order valence-electron chi connectivity index (χ0n) is 56.4. The number of rotatable bonds is 18. The molecule has 6 rings (SSSR count). The van der Waals surface area contributed by atoms with Crippen LogP contribution in [0.15, 0.2) is 107 Å². The highest BCUT2D eigenvalue weighted by molar-refractivity contribution is 6.02. The number of nitrogens with two attached hydrogens (primary N) is 1. The molecule has 4 aromatic carbocycles. The van der Waals surface area contributed by atoms with Gasteiger partial charge in [-0.05, 0) is 198 Å². The zero-order valence-corrected chi connectivity index (χ0v) is 56.4. The van der Waals surface area contributed by atoms with Crippen LogP contribution in [0.1, 0.15) is 179 Å². The van der Waals surface area contributed by atoms with Crippen molar-refractivity contribution in [2.45, 2.75) is 168 Å². The van der Waals surface area contributed by atoms with Crippen LogP contribution in [0.2, 0.25) is 0 Å². The van der Waals surface area contributed by atoms with Gasteiger partial charge in [0.1, 0.15) is 69.4 Å². The molecule has 2 aliphatic heterocycles. The average Bonchev–Trinajstić information content (AvgIpc) is 1.64. The minimum Gasteiger partial charge on any atom is -0.508 e. The molecule has 9 N–H and O–H groups in total. The van der Waals surface area contributed by atoms with Gasteiger partial charge in [0.05, 0.1) is 14.2 Å². The molecule has 0 unspecified atom stereocenters. The topological polar surface area (TPSA) is 370 Å². The number of phenols is 2. The van der Waals surface area contributed by atoms with Crippen molar-refractivity contribution in [3.63, 3.8) is 0 Å². The van der Waals surface area contributed by atoms with E-state index in [1.807, 2.05) is 12.1 Å². The van der Waals surface area contributed by atoms with Crippen LogP contribution in [0.25, 0.3) is 12.2 Å². The fraction of sp³-hybridized carbons (Fsp3) is 0.449. The number of alkyl carbamates (subject to hydrolysis) is 4. The first-order valence-electron chi connectivity index (χ1n) is 30.7. The molecule has 0 radical (unpaired) electrons. The van der Waals surface area contributed by atoms with Gasteiger partial charge in [-0.25, -0.2) is 24.0 Å². The third kappa shape index (κ3) is 28.4. The Hall–Kier alpha value is -9.98. The van der Waals surface area contributed by atoms with Crippen molar-refractivity contribution in [2.75, 3.05) is 33.9 Å². The molecule has 0 saturated carbocycles. The predicted molar refractivity (Wildman–Crippen MR) is 355 cm³/mol. The van der Waals surface area contributed by atoms with Crippen LogP contribution >= 0.6 is 0 Å². The standard InChI is InChI=1S/C35H45N3O9.C19H16O6.C15H30N4O4/c1-34(2,3)46-32(42)37-31(38-33(43)47-35(4,5)6)36-20-10-8-9-11-24(39)16-12-22-13-19-27-26(21-22)28(30(41)44-7)29(45-27)23-14-17-25(40)18-15-23;1-24-19(23)17-14-10-11(3-9-16(21)22)2-8-15(14)25-18(17)12-4-6-13(20)7-5-12;1-14(2,3)22-12(20)18-11(17-10-8-7-9-16)19-13(21)23-15(4,5)6/h12-19,21,28-29,40H,8-11,20H2,1-7H3,(H2,36,37,38,42,43);2-10,17-18,20H,1H3,(H,21,22);7-10,16H2,1-6H3,(H2,17,18,19,20,21)/b16-12+;9-3+;/t28-,29+;17-,18+;/m11./s1. The molecule has 95 heavy (non-hydrogen) atoms. The number of phenolic OH excluding ortho intramolecular Hbond substituents is 2. The maximum atomic E-state index is 12.7. The fourth-order valence-electron chi connectivity index (χ4n) is 8.87. The van der Waals surface area contributed by atoms with E-state index in [0.29, 0.717) is 67.0 Å². The van der Waals surface area contributed by atoms with E-state index in [2.05, 4.69) is 31.3 Å². The number of nitrogens with zero attached hydrogens (tertiary/aromatic N) is 2. The van der Waals surface area contributed by atoms with E-state index >= 15 is 0 Å². The Labute approximate surface area is 554 Å². The highest BCUT2D eigenvalue weighted by Crippen LogP contribution is 2.49. The van der Waals surface area contributed by atoms with E-state index in [1.165, 1.54) is 50.6 Å². The number of methoxy groups -OCH3 is 2. The molecule has 516 valence electrons. The maximum absolute atomic E-state index is 12.7. The van der Waals surface area contributed by atoms with E-state index in [4.69, 9.17) is 48.7 Å². The van der Waals surface area contributed by atoms with Crippen LogP contribution in [-0.2, 0) is 47.6 Å². The SMILES string of the molecule is CC(C)(C)OC(=O)NC(=NCCCCN)NC(=O)OC(C)(C)C.COC(=O)[C@@H]1c2cc(/C=C/C(=O)CCCCCN=C(NC(=O)OC(C)(C)C)NC(=O)OC(C)(C)C)ccc2O[C@H]1c1ccc(O)cc1.COC(=O)[C@@H]1c2cc(/C=C/C(=O)O)ccc2O[C@H]1c1ccc(O)cc1. The summed E-state index contributed by atoms with van der Waals surface area (Å²) in [7, 11) is 2.63. The molecular formula is C69H91N7O19. The Balaban J connectivity index is 0.000000336. The Morgan fingerprint density at radius 1 is 0.495 bits per heavy atom. The molecule has 0 bridgehead atoms. The Morgan fingerprint density at radius 3 is 1.17 bits per heavy atom.